The van der Waals surface area contributed by atoms with Crippen LogP contribution < -0.4 is 5.32 Å². The van der Waals surface area contributed by atoms with Gasteiger partial charge in [-0.3, -0.25) is 4.90 Å². The Morgan fingerprint density at radius 2 is 2.23 bits per heavy atom. The first-order valence-corrected chi connectivity index (χ1v) is 5.07. The smallest absolute Gasteiger partial charge is 0.379 e. The van der Waals surface area contributed by atoms with Crippen molar-refractivity contribution in [3.8, 4) is 0 Å². The lowest BCUT2D eigenvalue weighted by atomic mass is 10.4. The number of rotatable bonds is 3. The molecule has 1 heterocycles. The number of carbonyl (C=O) groups is 1. The molecule has 1 N–H and O–H groups in total. The van der Waals surface area contributed by atoms with E-state index < -0.39 is 0 Å². The zero-order valence-corrected chi connectivity index (χ0v) is 9.45. The highest BCUT2D eigenvalue weighted by Crippen LogP contribution is 1.95. The molecule has 1 saturated heterocycles. The molecule has 1 rings (SSSR count). The van der Waals surface area contributed by atoms with Crippen LogP contribution in [0.1, 0.15) is 0 Å². The minimum Gasteiger partial charge on any atom is -0.379 e. The Bertz CT molecular complexity index is 162. The van der Waals surface area contributed by atoms with Crippen molar-refractivity contribution in [3.05, 3.63) is 0 Å². The molecule has 1 aliphatic heterocycles. The van der Waals surface area contributed by atoms with Crippen LogP contribution in [0.5, 0.6) is 0 Å². The average molecular weight is 300 g/mol. The van der Waals surface area contributed by atoms with Crippen molar-refractivity contribution in [2.45, 2.75) is 0 Å². The first-order chi connectivity index (χ1) is 6.33. The summed E-state index contributed by atoms with van der Waals surface area (Å²) < 4.78 is 9.61. The molecule has 0 atom stereocenters. The zero-order chi connectivity index (χ0) is 9.52. The van der Waals surface area contributed by atoms with E-state index in [0.717, 1.165) is 32.8 Å². The second-order valence-corrected chi connectivity index (χ2v) is 3.19. The van der Waals surface area contributed by atoms with Crippen molar-refractivity contribution in [1.82, 2.24) is 10.2 Å². The average Bonchev–Trinajstić information content (AvgIpc) is 2.19. The van der Waals surface area contributed by atoms with Crippen molar-refractivity contribution in [2.75, 3.05) is 39.4 Å². The first kappa shape index (κ1) is 11.0. The lowest BCUT2D eigenvalue weighted by Gasteiger charge is -2.26. The van der Waals surface area contributed by atoms with E-state index in [1.54, 1.807) is 23.0 Å². The Labute approximate surface area is 91.4 Å². The van der Waals surface area contributed by atoms with Crippen molar-refractivity contribution in [2.24, 2.45) is 0 Å². The van der Waals surface area contributed by atoms with Gasteiger partial charge in [-0.25, -0.2) is 4.79 Å². The fourth-order valence-electron chi connectivity index (χ4n) is 1.17. The molecule has 13 heavy (non-hydrogen) atoms. The van der Waals surface area contributed by atoms with Crippen LogP contribution in [0.4, 0.5) is 4.79 Å². The number of ether oxygens (including phenoxy) is 1. The normalized spacial score (nSPS) is 18.2. The molecule has 1 aliphatic rings. The lowest BCUT2D eigenvalue weighted by molar-refractivity contribution is 0.0386. The van der Waals surface area contributed by atoms with E-state index in [1.807, 2.05) is 0 Å². The van der Waals surface area contributed by atoms with Crippen molar-refractivity contribution in [1.29, 1.82) is 0 Å². The number of nitrogens with one attached hydrogen (secondary N) is 1. The van der Waals surface area contributed by atoms with Gasteiger partial charge in [-0.1, -0.05) is 0 Å². The van der Waals surface area contributed by atoms with Crippen LogP contribution in [-0.2, 0) is 7.80 Å². The number of hydrogen-bond acceptors (Lipinski definition) is 4. The summed E-state index contributed by atoms with van der Waals surface area (Å²) in [5.41, 5.74) is 0. The van der Waals surface area contributed by atoms with Gasteiger partial charge in [0.25, 0.3) is 0 Å². The van der Waals surface area contributed by atoms with E-state index >= 15 is 0 Å². The molecule has 0 radical (unpaired) electrons. The largest absolute Gasteiger partial charge is 0.416 e. The van der Waals surface area contributed by atoms with E-state index in [2.05, 4.69) is 13.3 Å². The zero-order valence-electron chi connectivity index (χ0n) is 7.29. The summed E-state index contributed by atoms with van der Waals surface area (Å²) in [5.74, 6) is 0. The Morgan fingerprint density at radius 1 is 1.54 bits per heavy atom. The second-order valence-electron chi connectivity index (χ2n) is 2.75. The van der Waals surface area contributed by atoms with Crippen molar-refractivity contribution < 1.29 is 12.6 Å². The molecule has 0 aromatic heterocycles. The van der Waals surface area contributed by atoms with Crippen LogP contribution in [0, 0.1) is 0 Å². The van der Waals surface area contributed by atoms with Gasteiger partial charge < -0.3 is 13.1 Å². The van der Waals surface area contributed by atoms with Gasteiger partial charge in [0.1, 0.15) is 0 Å². The summed E-state index contributed by atoms with van der Waals surface area (Å²) in [4.78, 5) is 12.9. The topological polar surface area (TPSA) is 50.8 Å². The summed E-state index contributed by atoms with van der Waals surface area (Å²) in [6, 6.07) is 0. The van der Waals surface area contributed by atoms with Gasteiger partial charge in [0.05, 0.1) is 13.2 Å². The quantitative estimate of drug-likeness (QED) is 0.766. The lowest BCUT2D eigenvalue weighted by Crippen LogP contribution is -2.41. The summed E-state index contributed by atoms with van der Waals surface area (Å²) in [7, 11) is 0. The molecular formula is C7H13IN2O3. The van der Waals surface area contributed by atoms with E-state index in [1.165, 1.54) is 0 Å². The first-order valence-electron chi connectivity index (χ1n) is 4.19. The third-order valence-corrected chi connectivity index (χ3v) is 2.27. The summed E-state index contributed by atoms with van der Waals surface area (Å²) in [6.07, 6.45) is -0.381. The third kappa shape index (κ3) is 4.63. The maximum atomic E-state index is 10.7. The Morgan fingerprint density at radius 3 is 2.85 bits per heavy atom. The molecule has 0 spiro atoms. The maximum Gasteiger partial charge on any atom is 0.416 e. The van der Waals surface area contributed by atoms with E-state index in [9.17, 15) is 4.79 Å². The van der Waals surface area contributed by atoms with Crippen LogP contribution in [0.2, 0.25) is 0 Å². The standard InChI is InChI=1S/C7H13IN2O3/c8-13-7(11)9-1-2-10-3-5-12-6-4-10/h1-6H2,(H,9,11). The van der Waals surface area contributed by atoms with Crippen LogP contribution in [0.3, 0.4) is 0 Å². The Kier molecular flexibility index (Phi) is 5.40. The third-order valence-electron chi connectivity index (χ3n) is 1.87. The Balaban J connectivity index is 2.01. The summed E-state index contributed by atoms with van der Waals surface area (Å²) in [6.45, 7) is 4.95. The molecule has 5 nitrogen and oxygen atoms in total. The number of nitrogens with zero attached hydrogens (tertiary/aromatic N) is 1. The van der Waals surface area contributed by atoms with Crippen molar-refractivity contribution >= 4 is 29.1 Å². The molecule has 0 bridgehead atoms. The second kappa shape index (κ2) is 6.39. The van der Waals surface area contributed by atoms with Crippen LogP contribution in [0.25, 0.3) is 0 Å². The monoisotopic (exact) mass is 300 g/mol. The molecule has 1 amide bonds. The number of amides is 1. The van der Waals surface area contributed by atoms with Crippen LogP contribution >= 0.6 is 23.0 Å². The SMILES string of the molecule is O=C(NCCN1CCOCC1)OI. The molecule has 0 aromatic carbocycles. The molecule has 6 heteroatoms. The minimum absolute atomic E-state index is 0.381. The van der Waals surface area contributed by atoms with Gasteiger partial charge in [0, 0.05) is 26.2 Å². The van der Waals surface area contributed by atoms with Crippen LogP contribution in [0.15, 0.2) is 0 Å². The van der Waals surface area contributed by atoms with E-state index in [4.69, 9.17) is 4.74 Å². The number of carbonyl (C=O) groups excluding carboxylic acids is 1. The fourth-order valence-corrected chi connectivity index (χ4v) is 1.32. The predicted octanol–water partition coefficient (Wildman–Crippen LogP) is 0.395. The highest BCUT2D eigenvalue weighted by Gasteiger charge is 2.09. The molecule has 0 saturated carbocycles. The van der Waals surface area contributed by atoms with Gasteiger partial charge in [0.2, 0.25) is 0 Å². The van der Waals surface area contributed by atoms with E-state index in [-0.39, 0.29) is 6.09 Å². The number of halogens is 1. The molecule has 0 aliphatic carbocycles. The van der Waals surface area contributed by atoms with Gasteiger partial charge in [0.15, 0.2) is 23.0 Å². The van der Waals surface area contributed by atoms with Gasteiger partial charge in [-0.15, -0.1) is 0 Å². The number of morpholine rings is 1. The molecule has 76 valence electrons. The van der Waals surface area contributed by atoms with Crippen molar-refractivity contribution in [3.63, 3.8) is 0 Å². The highest BCUT2D eigenvalue weighted by molar-refractivity contribution is 14.1. The molecule has 1 fully saturated rings. The van der Waals surface area contributed by atoms with Crippen LogP contribution in [-0.4, -0.2) is 50.4 Å². The number of hydrogen-bond donors (Lipinski definition) is 1. The molecule has 0 aromatic rings. The van der Waals surface area contributed by atoms with Gasteiger partial charge >= 0.3 is 6.09 Å². The van der Waals surface area contributed by atoms with E-state index in [0.29, 0.717) is 6.54 Å². The minimum atomic E-state index is -0.381. The fraction of sp³-hybridized carbons (Fsp3) is 0.857. The summed E-state index contributed by atoms with van der Waals surface area (Å²) >= 11 is 1.56. The Hall–Kier alpha value is -0.0800. The maximum absolute atomic E-state index is 10.7. The molecule has 0 unspecified atom stereocenters. The molecular weight excluding hydrogens is 287 g/mol. The van der Waals surface area contributed by atoms with Gasteiger partial charge in [-0.2, -0.15) is 0 Å². The summed E-state index contributed by atoms with van der Waals surface area (Å²) in [5, 5.41) is 2.63. The van der Waals surface area contributed by atoms with Gasteiger partial charge in [-0.05, 0) is 0 Å². The highest BCUT2D eigenvalue weighted by atomic mass is 127. The predicted molar refractivity (Wildman–Crippen MR) is 55.8 cm³/mol.